The molecule has 0 saturated carbocycles. The molecule has 0 unspecified atom stereocenters. The Balaban J connectivity index is 1.76. The molecule has 3 aromatic heterocycles. The highest BCUT2D eigenvalue weighted by Crippen LogP contribution is 2.41. The molecule has 3 heterocycles. The number of aromatic amines is 2. The normalized spacial score (nSPS) is 13.7. The summed E-state index contributed by atoms with van der Waals surface area (Å²) in [6.07, 6.45) is 8.17. The summed E-state index contributed by atoms with van der Waals surface area (Å²) in [5, 5.41) is 15.4. The molecule has 0 aliphatic heterocycles. The summed E-state index contributed by atoms with van der Waals surface area (Å²) in [5.74, 6) is 0.709. The van der Waals surface area contributed by atoms with Crippen LogP contribution in [0.3, 0.4) is 0 Å². The van der Waals surface area contributed by atoms with E-state index in [-0.39, 0.29) is 0 Å². The van der Waals surface area contributed by atoms with Crippen molar-refractivity contribution in [1.29, 1.82) is 0 Å². The van der Waals surface area contributed by atoms with E-state index in [1.165, 1.54) is 24.0 Å². The van der Waals surface area contributed by atoms with Gasteiger partial charge in [-0.05, 0) is 62.6 Å². The molecule has 6 heteroatoms. The Labute approximate surface area is 156 Å². The van der Waals surface area contributed by atoms with Crippen molar-refractivity contribution in [3.05, 3.63) is 47.4 Å². The van der Waals surface area contributed by atoms with Gasteiger partial charge in [0.15, 0.2) is 5.82 Å². The average Bonchev–Trinajstić information content (AvgIpc) is 3.35. The maximum Gasteiger partial charge on any atom is 0.155 e. The number of rotatable bonds is 3. The van der Waals surface area contributed by atoms with E-state index in [1.807, 2.05) is 12.4 Å². The molecule has 134 valence electrons. The minimum atomic E-state index is 0.709. The Morgan fingerprint density at radius 3 is 2.70 bits per heavy atom. The second-order valence-electron chi connectivity index (χ2n) is 7.05. The van der Waals surface area contributed by atoms with Gasteiger partial charge in [0.25, 0.3) is 0 Å². The van der Waals surface area contributed by atoms with E-state index in [4.69, 9.17) is 4.98 Å². The van der Waals surface area contributed by atoms with E-state index in [9.17, 15) is 0 Å². The quantitative estimate of drug-likeness (QED) is 0.529. The van der Waals surface area contributed by atoms with Crippen molar-refractivity contribution in [2.45, 2.75) is 32.6 Å². The van der Waals surface area contributed by atoms with Crippen molar-refractivity contribution in [2.24, 2.45) is 4.99 Å². The summed E-state index contributed by atoms with van der Waals surface area (Å²) in [6, 6.07) is 6.38. The first-order valence-electron chi connectivity index (χ1n) is 9.22. The SMILES string of the molecule is C=Nc1[nH]ncc1-c1c(C)nc(-c2ccc3[nH]ncc3c2)c2c1CCCC2. The number of H-pyrrole nitrogens is 2. The van der Waals surface area contributed by atoms with Gasteiger partial charge in [-0.3, -0.25) is 15.2 Å². The van der Waals surface area contributed by atoms with Crippen LogP contribution in [0.5, 0.6) is 0 Å². The van der Waals surface area contributed by atoms with Crippen LogP contribution in [0.4, 0.5) is 5.82 Å². The molecule has 0 saturated heterocycles. The first kappa shape index (κ1) is 15.9. The number of hydrogen-bond donors (Lipinski definition) is 2. The Hall–Kier alpha value is -3.28. The summed E-state index contributed by atoms with van der Waals surface area (Å²) < 4.78 is 0. The molecule has 0 fully saturated rings. The van der Waals surface area contributed by atoms with Crippen LogP contribution in [0.2, 0.25) is 0 Å². The van der Waals surface area contributed by atoms with Crippen molar-refractivity contribution in [1.82, 2.24) is 25.4 Å². The minimum Gasteiger partial charge on any atom is -0.278 e. The van der Waals surface area contributed by atoms with Gasteiger partial charge in [-0.1, -0.05) is 6.07 Å². The zero-order valence-electron chi connectivity index (χ0n) is 15.2. The zero-order valence-corrected chi connectivity index (χ0v) is 15.2. The first-order chi connectivity index (χ1) is 13.3. The third-order valence-electron chi connectivity index (χ3n) is 5.46. The number of fused-ring (bicyclic) bond motifs is 2. The molecule has 1 aromatic carbocycles. The summed E-state index contributed by atoms with van der Waals surface area (Å²) >= 11 is 0. The lowest BCUT2D eigenvalue weighted by Crippen LogP contribution is -2.10. The van der Waals surface area contributed by atoms with Crippen LogP contribution >= 0.6 is 0 Å². The number of hydrogen-bond acceptors (Lipinski definition) is 4. The maximum atomic E-state index is 5.04. The molecule has 5 rings (SSSR count). The molecule has 4 aromatic rings. The van der Waals surface area contributed by atoms with E-state index < -0.39 is 0 Å². The highest BCUT2D eigenvalue weighted by Gasteiger charge is 2.24. The van der Waals surface area contributed by atoms with Gasteiger partial charge >= 0.3 is 0 Å². The van der Waals surface area contributed by atoms with Crippen LogP contribution in [-0.2, 0) is 12.8 Å². The van der Waals surface area contributed by atoms with Crippen molar-refractivity contribution in [3.63, 3.8) is 0 Å². The molecule has 0 radical (unpaired) electrons. The van der Waals surface area contributed by atoms with Gasteiger partial charge in [-0.25, -0.2) is 4.99 Å². The van der Waals surface area contributed by atoms with Gasteiger partial charge in [-0.15, -0.1) is 0 Å². The first-order valence-corrected chi connectivity index (χ1v) is 9.22. The van der Waals surface area contributed by atoms with Gasteiger partial charge in [0.1, 0.15) is 0 Å². The fourth-order valence-corrected chi connectivity index (χ4v) is 4.22. The Morgan fingerprint density at radius 1 is 1.04 bits per heavy atom. The largest absolute Gasteiger partial charge is 0.278 e. The average molecular weight is 356 g/mol. The van der Waals surface area contributed by atoms with Gasteiger partial charge in [0.05, 0.1) is 23.6 Å². The topological polar surface area (TPSA) is 82.6 Å². The van der Waals surface area contributed by atoms with Crippen LogP contribution in [0, 0.1) is 6.92 Å². The fourth-order valence-electron chi connectivity index (χ4n) is 4.22. The van der Waals surface area contributed by atoms with Crippen molar-refractivity contribution >= 4 is 23.4 Å². The van der Waals surface area contributed by atoms with Crippen molar-refractivity contribution in [3.8, 4) is 22.4 Å². The molecule has 6 nitrogen and oxygen atoms in total. The molecule has 0 amide bonds. The second-order valence-corrected chi connectivity index (χ2v) is 7.05. The lowest BCUT2D eigenvalue weighted by Gasteiger charge is -2.24. The van der Waals surface area contributed by atoms with E-state index in [1.54, 1.807) is 0 Å². The van der Waals surface area contributed by atoms with Crippen LogP contribution in [0.25, 0.3) is 33.3 Å². The molecule has 27 heavy (non-hydrogen) atoms. The highest BCUT2D eigenvalue weighted by molar-refractivity contribution is 5.86. The molecule has 0 spiro atoms. The van der Waals surface area contributed by atoms with Gasteiger partial charge in [0.2, 0.25) is 0 Å². The highest BCUT2D eigenvalue weighted by atomic mass is 15.2. The summed E-state index contributed by atoms with van der Waals surface area (Å²) in [4.78, 5) is 9.14. The second kappa shape index (κ2) is 6.16. The van der Waals surface area contributed by atoms with Crippen molar-refractivity contribution in [2.75, 3.05) is 0 Å². The minimum absolute atomic E-state index is 0.709. The fraction of sp³-hybridized carbons (Fsp3) is 0.238. The number of benzene rings is 1. The predicted molar refractivity (Wildman–Crippen MR) is 107 cm³/mol. The molecule has 1 aliphatic carbocycles. The Kier molecular flexibility index (Phi) is 3.63. The summed E-state index contributed by atoms with van der Waals surface area (Å²) in [5.41, 5.74) is 9.16. The van der Waals surface area contributed by atoms with Gasteiger partial charge in [0, 0.05) is 27.8 Å². The number of aryl methyl sites for hydroxylation is 1. The van der Waals surface area contributed by atoms with E-state index in [0.717, 1.165) is 51.8 Å². The zero-order chi connectivity index (χ0) is 18.4. The number of aromatic nitrogens is 5. The van der Waals surface area contributed by atoms with Gasteiger partial charge < -0.3 is 0 Å². The van der Waals surface area contributed by atoms with Crippen LogP contribution < -0.4 is 0 Å². The molecule has 0 atom stereocenters. The standard InChI is InChI=1S/C21H20N6/c1-12-19(17-11-24-27-21(17)22-2)15-5-3-4-6-16(15)20(25-12)13-7-8-18-14(9-13)10-23-26-18/h7-11H,2-6H2,1H3,(H,23,26)(H,24,27). The number of aliphatic imine (C=N–C) groups is 1. The molecule has 0 bridgehead atoms. The van der Waals surface area contributed by atoms with Crippen LogP contribution in [0.1, 0.15) is 29.7 Å². The molecular formula is C21H20N6. The summed E-state index contributed by atoms with van der Waals surface area (Å²) in [6.45, 7) is 5.74. The number of nitrogens with zero attached hydrogens (tertiary/aromatic N) is 4. The third kappa shape index (κ3) is 2.48. The molecule has 1 aliphatic rings. The Bertz CT molecular complexity index is 1170. The predicted octanol–water partition coefficient (Wildman–Crippen LogP) is 4.53. The molecule has 2 N–H and O–H groups in total. The lowest BCUT2D eigenvalue weighted by molar-refractivity contribution is 0.684. The number of nitrogens with one attached hydrogen (secondary N) is 2. The maximum absolute atomic E-state index is 5.04. The summed E-state index contributed by atoms with van der Waals surface area (Å²) in [7, 11) is 0. The van der Waals surface area contributed by atoms with Crippen LogP contribution in [0.15, 0.2) is 35.6 Å². The van der Waals surface area contributed by atoms with Gasteiger partial charge in [-0.2, -0.15) is 10.2 Å². The van der Waals surface area contributed by atoms with E-state index >= 15 is 0 Å². The van der Waals surface area contributed by atoms with E-state index in [2.05, 4.69) is 57.2 Å². The molecular weight excluding hydrogens is 336 g/mol. The Morgan fingerprint density at radius 2 is 1.85 bits per heavy atom. The number of pyridine rings is 1. The van der Waals surface area contributed by atoms with Crippen molar-refractivity contribution < 1.29 is 0 Å². The third-order valence-corrected chi connectivity index (χ3v) is 5.46. The lowest BCUT2D eigenvalue weighted by atomic mass is 9.83. The monoisotopic (exact) mass is 356 g/mol. The smallest absolute Gasteiger partial charge is 0.155 e. The van der Waals surface area contributed by atoms with Crippen LogP contribution in [-0.4, -0.2) is 32.1 Å². The van der Waals surface area contributed by atoms with E-state index in [0.29, 0.717) is 5.82 Å².